The van der Waals surface area contributed by atoms with Crippen molar-refractivity contribution >= 4 is 28.5 Å². The number of amides is 2. The molecule has 2 saturated carbocycles. The van der Waals surface area contributed by atoms with Crippen molar-refractivity contribution in [2.75, 3.05) is 25.0 Å². The van der Waals surface area contributed by atoms with Crippen molar-refractivity contribution < 1.29 is 9.59 Å². The molecular formula is C48H52N6O2. The van der Waals surface area contributed by atoms with Gasteiger partial charge in [-0.05, 0) is 97.4 Å². The number of aromatic nitrogens is 3. The van der Waals surface area contributed by atoms with Crippen LogP contribution < -0.4 is 5.32 Å². The van der Waals surface area contributed by atoms with Crippen LogP contribution in [0.25, 0.3) is 10.9 Å². The molecule has 10 rings (SSSR count). The average Bonchev–Trinajstić information content (AvgIpc) is 3.27. The van der Waals surface area contributed by atoms with Gasteiger partial charge >= 0.3 is 0 Å². The molecule has 2 amide bonds. The van der Waals surface area contributed by atoms with Gasteiger partial charge in [-0.1, -0.05) is 98.5 Å². The summed E-state index contributed by atoms with van der Waals surface area (Å²) in [5.41, 5.74) is 7.44. The number of rotatable bonds is 5. The lowest BCUT2D eigenvalue weighted by atomic mass is 9.69. The Kier molecular flexibility index (Phi) is 9.52. The Balaban J connectivity index is 0.854. The molecule has 286 valence electrons. The Morgan fingerprint density at radius 1 is 0.625 bits per heavy atom. The smallest absolute Gasteiger partial charge is 0.256 e. The minimum Gasteiger partial charge on any atom is -0.369 e. The van der Waals surface area contributed by atoms with E-state index in [4.69, 9.17) is 4.98 Å². The molecule has 5 aromatic rings. The van der Waals surface area contributed by atoms with Crippen molar-refractivity contribution in [2.45, 2.75) is 100 Å². The van der Waals surface area contributed by atoms with E-state index in [1.54, 1.807) is 6.20 Å². The molecule has 1 N–H and O–H groups in total. The van der Waals surface area contributed by atoms with Crippen LogP contribution in [-0.4, -0.2) is 68.5 Å². The van der Waals surface area contributed by atoms with Crippen molar-refractivity contribution in [3.8, 4) is 0 Å². The fourth-order valence-corrected chi connectivity index (χ4v) is 11.7. The van der Waals surface area contributed by atoms with Crippen LogP contribution in [0.1, 0.15) is 125 Å². The Hall–Kier alpha value is -5.11. The molecule has 3 aliphatic heterocycles. The Bertz CT molecular complexity index is 2220. The van der Waals surface area contributed by atoms with E-state index in [0.29, 0.717) is 35.3 Å². The fourth-order valence-electron chi connectivity index (χ4n) is 11.7. The summed E-state index contributed by atoms with van der Waals surface area (Å²) in [6.07, 6.45) is 15.6. The quantitative estimate of drug-likeness (QED) is 0.193. The summed E-state index contributed by atoms with van der Waals surface area (Å²) < 4.78 is 0. The number of hydrogen-bond donors (Lipinski definition) is 1. The molecule has 0 bridgehead atoms. The molecule has 56 heavy (non-hydrogen) atoms. The molecule has 7 atom stereocenters. The minimum atomic E-state index is 0.0921. The molecule has 4 fully saturated rings. The molecule has 5 aliphatic rings. The first-order chi connectivity index (χ1) is 27.6. The molecule has 2 aliphatic carbocycles. The number of pyridine rings is 1. The molecule has 8 nitrogen and oxygen atoms in total. The lowest BCUT2D eigenvalue weighted by Crippen LogP contribution is -2.52. The number of piperidine rings is 2. The van der Waals surface area contributed by atoms with Gasteiger partial charge < -0.3 is 15.1 Å². The van der Waals surface area contributed by atoms with Crippen LogP contribution in [0.2, 0.25) is 0 Å². The highest BCUT2D eigenvalue weighted by Crippen LogP contribution is 2.47. The monoisotopic (exact) mass is 744 g/mol. The highest BCUT2D eigenvalue weighted by molar-refractivity contribution is 6.05. The minimum absolute atomic E-state index is 0.0921. The van der Waals surface area contributed by atoms with E-state index >= 15 is 0 Å². The van der Waals surface area contributed by atoms with Gasteiger partial charge in [-0.3, -0.25) is 9.59 Å². The first-order valence-corrected chi connectivity index (χ1v) is 21.3. The Morgan fingerprint density at radius 3 is 1.95 bits per heavy atom. The van der Waals surface area contributed by atoms with Crippen LogP contribution in [0.5, 0.6) is 0 Å². The van der Waals surface area contributed by atoms with Gasteiger partial charge in [0.1, 0.15) is 5.82 Å². The number of carbonyl (C=O) groups excluding carboxylic acids is 2. The highest BCUT2D eigenvalue weighted by Gasteiger charge is 2.44. The van der Waals surface area contributed by atoms with Gasteiger partial charge in [-0.2, -0.15) is 10.2 Å². The SMILES string of the molecule is O=C(c1cnnc2ccccc12)N1CC[C@H](c2ccc(C3CNc4nccc(C(=O)N5CC[C@H](c6ccccc6)[C@H]6CCCC[C@H]65)c4C3)cc2)C2CCCC[C@H]21. The number of likely N-dealkylation sites (tertiary alicyclic amines) is 2. The molecule has 0 radical (unpaired) electrons. The molecule has 8 heteroatoms. The van der Waals surface area contributed by atoms with E-state index in [1.807, 2.05) is 36.5 Å². The standard InChI is InChI=1S/C48H52N6O2/c55-47(53-26-23-35(32-10-2-1-3-11-32)38-13-5-8-16-44(38)53)40-22-25-49-46-41(40)28-34(29-50-46)31-18-20-33(21-19-31)36-24-27-54(45-17-9-6-14-39(36)45)48(56)42-30-51-52-43-15-7-4-12-37(42)43/h1-4,7,10-12,15,18-22,25,30,34-36,38-39,44-45H,5-6,8-9,13-14,16-17,23-24,26-29H2,(H,49,50)/t34?,35-,36-,38-,39?,44-,45-/m1/s1. The van der Waals surface area contributed by atoms with E-state index in [2.05, 4.69) is 79.9 Å². The van der Waals surface area contributed by atoms with Gasteiger partial charge in [0.05, 0.1) is 17.3 Å². The maximum absolute atomic E-state index is 14.6. The lowest BCUT2D eigenvalue weighted by Gasteiger charge is -2.48. The van der Waals surface area contributed by atoms with E-state index in [-0.39, 0.29) is 23.8 Å². The van der Waals surface area contributed by atoms with Gasteiger partial charge in [-0.15, -0.1) is 0 Å². The number of nitrogens with one attached hydrogen (secondary N) is 1. The summed E-state index contributed by atoms with van der Waals surface area (Å²) in [7, 11) is 0. The van der Waals surface area contributed by atoms with Crippen molar-refractivity contribution in [3.05, 3.63) is 131 Å². The summed E-state index contributed by atoms with van der Waals surface area (Å²) in [6.45, 7) is 2.36. The van der Waals surface area contributed by atoms with E-state index in [0.717, 1.165) is 92.4 Å². The van der Waals surface area contributed by atoms with Gasteiger partial charge in [0.2, 0.25) is 0 Å². The molecule has 2 saturated heterocycles. The third-order valence-corrected chi connectivity index (χ3v) is 14.4. The number of hydrogen-bond acceptors (Lipinski definition) is 6. The number of fused-ring (bicyclic) bond motifs is 4. The summed E-state index contributed by atoms with van der Waals surface area (Å²) in [6, 6.07) is 30.7. The second-order valence-electron chi connectivity index (χ2n) is 17.1. The van der Waals surface area contributed by atoms with Crippen LogP contribution in [0.3, 0.4) is 0 Å². The molecule has 2 unspecified atom stereocenters. The second-order valence-corrected chi connectivity index (χ2v) is 17.1. The number of carbonyl (C=O) groups is 2. The topological polar surface area (TPSA) is 91.3 Å². The number of nitrogens with zero attached hydrogens (tertiary/aromatic N) is 5. The predicted molar refractivity (Wildman–Crippen MR) is 220 cm³/mol. The van der Waals surface area contributed by atoms with Crippen molar-refractivity contribution in [1.29, 1.82) is 0 Å². The maximum Gasteiger partial charge on any atom is 0.256 e. The summed E-state index contributed by atoms with van der Waals surface area (Å²) in [4.78, 5) is 37.8. The van der Waals surface area contributed by atoms with Crippen LogP contribution in [0.4, 0.5) is 5.82 Å². The molecule has 2 aromatic heterocycles. The van der Waals surface area contributed by atoms with Crippen LogP contribution in [-0.2, 0) is 6.42 Å². The van der Waals surface area contributed by atoms with E-state index in [1.165, 1.54) is 42.4 Å². The highest BCUT2D eigenvalue weighted by atomic mass is 16.2. The second kappa shape index (κ2) is 15.1. The van der Waals surface area contributed by atoms with Crippen LogP contribution >= 0.6 is 0 Å². The maximum atomic E-state index is 14.6. The molecule has 5 heterocycles. The number of anilines is 1. The summed E-state index contributed by atoms with van der Waals surface area (Å²) in [5, 5.41) is 13.0. The zero-order valence-electron chi connectivity index (χ0n) is 32.2. The van der Waals surface area contributed by atoms with Crippen LogP contribution in [0.15, 0.2) is 97.3 Å². The predicted octanol–water partition coefficient (Wildman–Crippen LogP) is 9.15. The zero-order chi connectivity index (χ0) is 37.6. The van der Waals surface area contributed by atoms with Crippen molar-refractivity contribution in [2.24, 2.45) is 11.8 Å². The zero-order valence-corrected chi connectivity index (χ0v) is 32.2. The van der Waals surface area contributed by atoms with Crippen LogP contribution in [0, 0.1) is 11.8 Å². The average molecular weight is 745 g/mol. The fraction of sp³-hybridized carbons (Fsp3) is 0.438. The molecular weight excluding hydrogens is 693 g/mol. The normalized spacial score (nSPS) is 27.4. The van der Waals surface area contributed by atoms with Gasteiger partial charge in [0.15, 0.2) is 0 Å². The third kappa shape index (κ3) is 6.35. The summed E-state index contributed by atoms with van der Waals surface area (Å²) in [5.74, 6) is 3.31. The first-order valence-electron chi connectivity index (χ1n) is 21.3. The van der Waals surface area contributed by atoms with Crippen molar-refractivity contribution in [3.63, 3.8) is 0 Å². The Labute approximate surface area is 330 Å². The van der Waals surface area contributed by atoms with Gasteiger partial charge in [0.25, 0.3) is 11.8 Å². The first kappa shape index (κ1) is 35.3. The van der Waals surface area contributed by atoms with E-state index in [9.17, 15) is 9.59 Å². The molecule has 3 aromatic carbocycles. The van der Waals surface area contributed by atoms with Gasteiger partial charge in [-0.25, -0.2) is 4.98 Å². The third-order valence-electron chi connectivity index (χ3n) is 14.4. The van der Waals surface area contributed by atoms with Crippen molar-refractivity contribution in [1.82, 2.24) is 25.0 Å². The molecule has 0 spiro atoms. The lowest BCUT2D eigenvalue weighted by molar-refractivity contribution is 0.0314. The van der Waals surface area contributed by atoms with Gasteiger partial charge in [0, 0.05) is 60.3 Å². The number of benzene rings is 3. The Morgan fingerprint density at radius 2 is 1.23 bits per heavy atom. The summed E-state index contributed by atoms with van der Waals surface area (Å²) >= 11 is 0. The largest absolute Gasteiger partial charge is 0.369 e. The van der Waals surface area contributed by atoms with E-state index < -0.39 is 0 Å².